The average molecular weight is 469 g/mol. The second-order valence-corrected chi connectivity index (χ2v) is 10.9. The number of hydrogen-bond donors (Lipinski definition) is 1. The second kappa shape index (κ2) is 17.5. The van der Waals surface area contributed by atoms with Crippen LogP contribution in [0.25, 0.3) is 0 Å². The summed E-state index contributed by atoms with van der Waals surface area (Å²) in [7, 11) is 3.27. The number of quaternary nitrogens is 1. The van der Waals surface area contributed by atoms with Crippen LogP contribution >= 0.6 is 7.82 Å². The van der Waals surface area contributed by atoms with Crippen LogP contribution in [-0.2, 0) is 23.1 Å². The summed E-state index contributed by atoms with van der Waals surface area (Å²) >= 11 is 0. The first-order chi connectivity index (χ1) is 14.5. The van der Waals surface area contributed by atoms with Crippen LogP contribution in [0.5, 0.6) is 0 Å². The smallest absolute Gasteiger partial charge is 0.376 e. The van der Waals surface area contributed by atoms with E-state index in [1.54, 1.807) is 6.92 Å². The van der Waals surface area contributed by atoms with E-state index >= 15 is 0 Å². The van der Waals surface area contributed by atoms with Gasteiger partial charge in [-0.2, -0.15) is 0 Å². The molecule has 0 aliphatic heterocycles. The van der Waals surface area contributed by atoms with Gasteiger partial charge in [0.15, 0.2) is 6.29 Å². The maximum absolute atomic E-state index is 12.4. The lowest BCUT2D eigenvalue weighted by molar-refractivity contribution is -0.870. The van der Waals surface area contributed by atoms with E-state index in [-0.39, 0.29) is 12.7 Å². The Morgan fingerprint density at radius 2 is 1.48 bits per heavy atom. The highest BCUT2D eigenvalue weighted by Gasteiger charge is 2.33. The van der Waals surface area contributed by atoms with Gasteiger partial charge < -0.3 is 18.9 Å². The maximum atomic E-state index is 12.4. The van der Waals surface area contributed by atoms with Gasteiger partial charge >= 0.3 is 7.82 Å². The fraction of sp³-hybridized carbons (Fsp3) is 1.00. The number of methoxy groups -OCH3 is 1. The van der Waals surface area contributed by atoms with Crippen molar-refractivity contribution in [2.75, 3.05) is 41.4 Å². The van der Waals surface area contributed by atoms with Gasteiger partial charge in [-0.05, 0) is 19.8 Å². The van der Waals surface area contributed by atoms with Crippen LogP contribution in [-0.4, -0.2) is 69.3 Å². The van der Waals surface area contributed by atoms with E-state index in [4.69, 9.17) is 18.5 Å². The average Bonchev–Trinajstić information content (AvgIpc) is 2.68. The SMILES string of the molecule is CCCCCCCCCCCC(CC)OC(OP(=O)(O)OCC[N+](C)(C)C)[C@@H](C)OC. The van der Waals surface area contributed by atoms with Gasteiger partial charge in [0.05, 0.1) is 27.2 Å². The maximum Gasteiger partial charge on any atom is 0.474 e. The summed E-state index contributed by atoms with van der Waals surface area (Å²) in [5.41, 5.74) is 0. The summed E-state index contributed by atoms with van der Waals surface area (Å²) in [4.78, 5) is 10.1. The molecule has 188 valence electrons. The number of phosphoric ester groups is 1. The predicted octanol–water partition coefficient (Wildman–Crippen LogP) is 5.90. The molecule has 0 aromatic rings. The third-order valence-electron chi connectivity index (χ3n) is 5.42. The van der Waals surface area contributed by atoms with Crippen molar-refractivity contribution >= 4 is 7.82 Å². The minimum absolute atomic E-state index is 0.0432. The summed E-state index contributed by atoms with van der Waals surface area (Å²) in [5.74, 6) is 0. The summed E-state index contributed by atoms with van der Waals surface area (Å²) in [6.45, 7) is 6.79. The van der Waals surface area contributed by atoms with E-state index in [1.807, 2.05) is 21.1 Å². The molecule has 0 spiro atoms. The van der Waals surface area contributed by atoms with Crippen LogP contribution in [0.4, 0.5) is 0 Å². The number of unbranched alkanes of at least 4 members (excludes halogenated alkanes) is 8. The summed E-state index contributed by atoms with van der Waals surface area (Å²) in [6, 6.07) is 0. The Kier molecular flexibility index (Phi) is 17.5. The van der Waals surface area contributed by atoms with E-state index in [9.17, 15) is 9.46 Å². The third kappa shape index (κ3) is 18.1. The quantitative estimate of drug-likeness (QED) is 0.0978. The summed E-state index contributed by atoms with van der Waals surface area (Å²) in [6.07, 6.45) is 11.7. The van der Waals surface area contributed by atoms with Crippen LogP contribution in [0, 0.1) is 0 Å². The molecule has 31 heavy (non-hydrogen) atoms. The summed E-state index contributed by atoms with van der Waals surface area (Å²) in [5, 5.41) is 0. The highest BCUT2D eigenvalue weighted by atomic mass is 31.2. The van der Waals surface area contributed by atoms with E-state index in [0.29, 0.717) is 11.0 Å². The Bertz CT molecular complexity index is 471. The molecule has 0 aliphatic carbocycles. The number of hydrogen-bond acceptors (Lipinski definition) is 5. The summed E-state index contributed by atoms with van der Waals surface area (Å²) < 4.78 is 34.9. The Balaban J connectivity index is 4.41. The zero-order valence-electron chi connectivity index (χ0n) is 21.3. The molecule has 0 aromatic carbocycles. The Morgan fingerprint density at radius 1 is 0.935 bits per heavy atom. The Hall–Kier alpha value is -0.0100. The fourth-order valence-electron chi connectivity index (χ4n) is 3.16. The van der Waals surface area contributed by atoms with Gasteiger partial charge in [-0.25, -0.2) is 4.57 Å². The highest BCUT2D eigenvalue weighted by Crippen LogP contribution is 2.45. The third-order valence-corrected chi connectivity index (χ3v) is 6.40. The minimum atomic E-state index is -4.24. The monoisotopic (exact) mass is 468 g/mol. The van der Waals surface area contributed by atoms with E-state index in [1.165, 1.54) is 58.5 Å². The van der Waals surface area contributed by atoms with Gasteiger partial charge in [0.1, 0.15) is 19.3 Å². The Labute approximate surface area is 192 Å². The molecular weight excluding hydrogens is 417 g/mol. The lowest BCUT2D eigenvalue weighted by Crippen LogP contribution is -2.38. The van der Waals surface area contributed by atoms with Crippen LogP contribution in [0.2, 0.25) is 0 Å². The van der Waals surface area contributed by atoms with Gasteiger partial charge in [0.25, 0.3) is 0 Å². The predicted molar refractivity (Wildman–Crippen MR) is 127 cm³/mol. The van der Waals surface area contributed by atoms with Crippen molar-refractivity contribution < 1.29 is 32.5 Å². The normalized spacial score (nSPS) is 17.3. The largest absolute Gasteiger partial charge is 0.474 e. The standard InChI is InChI=1S/C23H50NO6P/c1-8-10-11-12-13-14-15-16-17-18-22(9-2)29-23(21(3)27-7)30-31(25,26)28-20-19-24(4,5)6/h21-23H,8-20H2,1-7H3/p+1/t21-,22?,23?/m1/s1. The molecule has 0 aromatic heterocycles. The molecule has 0 amide bonds. The molecule has 0 heterocycles. The van der Waals surface area contributed by atoms with E-state index < -0.39 is 20.2 Å². The topological polar surface area (TPSA) is 74.2 Å². The van der Waals surface area contributed by atoms with E-state index in [2.05, 4.69) is 13.8 Å². The lowest BCUT2D eigenvalue weighted by atomic mass is 10.0. The molecular formula is C23H51NO6P+. The number of nitrogens with zero attached hydrogens (tertiary/aromatic N) is 1. The molecule has 4 atom stereocenters. The zero-order chi connectivity index (χ0) is 23.8. The first-order valence-electron chi connectivity index (χ1n) is 12.2. The first kappa shape index (κ1) is 31.0. The molecule has 0 fully saturated rings. The molecule has 0 saturated heterocycles. The molecule has 0 bridgehead atoms. The number of likely N-dealkylation sites (N-methyl/N-ethyl adjacent to an activating group) is 1. The van der Waals surface area contributed by atoms with Crippen molar-refractivity contribution in [2.45, 2.75) is 110 Å². The van der Waals surface area contributed by atoms with Crippen molar-refractivity contribution in [3.8, 4) is 0 Å². The van der Waals surface area contributed by atoms with Gasteiger partial charge in [-0.3, -0.25) is 9.05 Å². The first-order valence-corrected chi connectivity index (χ1v) is 13.7. The van der Waals surface area contributed by atoms with Gasteiger partial charge in [0, 0.05) is 7.11 Å². The van der Waals surface area contributed by atoms with Crippen molar-refractivity contribution in [3.63, 3.8) is 0 Å². The minimum Gasteiger partial charge on any atom is -0.376 e. The lowest BCUT2D eigenvalue weighted by Gasteiger charge is -2.29. The van der Waals surface area contributed by atoms with Gasteiger partial charge in [-0.1, -0.05) is 71.6 Å². The molecule has 0 radical (unpaired) electrons. The molecule has 8 heteroatoms. The molecule has 0 rings (SSSR count). The Morgan fingerprint density at radius 3 is 1.97 bits per heavy atom. The van der Waals surface area contributed by atoms with E-state index in [0.717, 1.165) is 19.3 Å². The van der Waals surface area contributed by atoms with Crippen molar-refractivity contribution in [3.05, 3.63) is 0 Å². The molecule has 3 unspecified atom stereocenters. The molecule has 7 nitrogen and oxygen atoms in total. The van der Waals surface area contributed by atoms with Crippen molar-refractivity contribution in [2.24, 2.45) is 0 Å². The van der Waals surface area contributed by atoms with Gasteiger partial charge in [0.2, 0.25) is 0 Å². The second-order valence-electron chi connectivity index (χ2n) is 9.51. The van der Waals surface area contributed by atoms with Crippen LogP contribution in [0.3, 0.4) is 0 Å². The van der Waals surface area contributed by atoms with Crippen molar-refractivity contribution in [1.82, 2.24) is 0 Å². The van der Waals surface area contributed by atoms with Gasteiger partial charge in [-0.15, -0.1) is 0 Å². The van der Waals surface area contributed by atoms with Crippen molar-refractivity contribution in [1.29, 1.82) is 0 Å². The van der Waals surface area contributed by atoms with Crippen LogP contribution in [0.1, 0.15) is 91.4 Å². The van der Waals surface area contributed by atoms with Crippen LogP contribution in [0.15, 0.2) is 0 Å². The van der Waals surface area contributed by atoms with Crippen LogP contribution < -0.4 is 0 Å². The number of ether oxygens (including phenoxy) is 2. The molecule has 0 aliphatic rings. The number of phosphoric acid groups is 1. The fourth-order valence-corrected chi connectivity index (χ4v) is 4.02. The highest BCUT2D eigenvalue weighted by molar-refractivity contribution is 7.47. The molecule has 0 saturated carbocycles. The zero-order valence-corrected chi connectivity index (χ0v) is 22.2. The number of rotatable bonds is 21. The molecule has 1 N–H and O–H groups in total.